The third-order valence-corrected chi connectivity index (χ3v) is 5.56. The molecule has 1 unspecified atom stereocenters. The molecule has 1 atom stereocenters. The maximum absolute atomic E-state index is 12.8. The first kappa shape index (κ1) is 19.3. The smallest absolute Gasteiger partial charge is 0.267 e. The molecule has 0 saturated carbocycles. The normalized spacial score (nSPS) is 18.0. The second-order valence-corrected chi connectivity index (χ2v) is 8.02. The summed E-state index contributed by atoms with van der Waals surface area (Å²) < 4.78 is 14.6. The first-order valence-electron chi connectivity index (χ1n) is 10.3. The van der Waals surface area contributed by atoms with E-state index >= 15 is 0 Å². The molecular weight excluding hydrogens is 398 g/mol. The molecule has 0 spiro atoms. The van der Waals surface area contributed by atoms with Crippen LogP contribution in [-0.2, 0) is 11.3 Å². The van der Waals surface area contributed by atoms with Gasteiger partial charge in [0.2, 0.25) is 6.10 Å². The average Bonchev–Trinajstić information content (AvgIpc) is 3.08. The lowest BCUT2D eigenvalue weighted by atomic mass is 9.99. The number of ether oxygens (including phenoxy) is 2. The predicted octanol–water partition coefficient (Wildman–Crippen LogP) is 1.34. The van der Waals surface area contributed by atoms with E-state index in [1.165, 1.54) is 10.7 Å². The van der Waals surface area contributed by atoms with Gasteiger partial charge in [0, 0.05) is 30.8 Å². The number of carbonyl (C=O) groups is 1. The summed E-state index contributed by atoms with van der Waals surface area (Å²) in [5.41, 5.74) is 1.67. The number of nitrogens with zero attached hydrogens (tertiary/aromatic N) is 5. The van der Waals surface area contributed by atoms with Crippen molar-refractivity contribution in [1.29, 1.82) is 0 Å². The standard InChI is InChI=1S/C22H23N5O4/c1-14-9-15(2)27(23-14)20-7-8-21(28)26(24-20)12-16-10-25(11-16)22(29)19-13-30-17-5-3-4-6-18(17)31-19/h3-9,16,19H,10-13H2,1-2H3. The zero-order valence-electron chi connectivity index (χ0n) is 17.4. The molecule has 0 bridgehead atoms. The van der Waals surface area contributed by atoms with Crippen molar-refractivity contribution >= 4 is 5.91 Å². The summed E-state index contributed by atoms with van der Waals surface area (Å²) in [4.78, 5) is 26.8. The van der Waals surface area contributed by atoms with Crippen LogP contribution in [0.2, 0.25) is 0 Å². The molecule has 2 aromatic heterocycles. The Morgan fingerprint density at radius 3 is 2.61 bits per heavy atom. The van der Waals surface area contributed by atoms with Crippen molar-refractivity contribution in [3.05, 3.63) is 64.2 Å². The minimum atomic E-state index is -0.647. The minimum absolute atomic E-state index is 0.0950. The van der Waals surface area contributed by atoms with Crippen molar-refractivity contribution in [2.75, 3.05) is 19.7 Å². The Morgan fingerprint density at radius 2 is 1.87 bits per heavy atom. The number of aromatic nitrogens is 4. The largest absolute Gasteiger partial charge is 0.485 e. The van der Waals surface area contributed by atoms with Crippen LogP contribution < -0.4 is 15.0 Å². The molecule has 0 radical (unpaired) electrons. The molecule has 2 aliphatic rings. The molecule has 5 rings (SSSR count). The van der Waals surface area contributed by atoms with Crippen molar-refractivity contribution in [2.24, 2.45) is 5.92 Å². The first-order chi connectivity index (χ1) is 15.0. The van der Waals surface area contributed by atoms with Crippen molar-refractivity contribution in [1.82, 2.24) is 24.5 Å². The van der Waals surface area contributed by atoms with Gasteiger partial charge in [0.1, 0.15) is 6.61 Å². The lowest BCUT2D eigenvalue weighted by Gasteiger charge is -2.41. The van der Waals surface area contributed by atoms with Crippen molar-refractivity contribution in [3.63, 3.8) is 0 Å². The molecule has 3 aromatic rings. The Kier molecular flexibility index (Phi) is 4.72. The molecule has 2 aliphatic heterocycles. The maximum atomic E-state index is 12.8. The van der Waals surface area contributed by atoms with E-state index in [2.05, 4.69) is 10.2 Å². The van der Waals surface area contributed by atoms with Crippen LogP contribution in [0.4, 0.5) is 0 Å². The topological polar surface area (TPSA) is 91.5 Å². The summed E-state index contributed by atoms with van der Waals surface area (Å²) in [5, 5.41) is 8.91. The summed E-state index contributed by atoms with van der Waals surface area (Å²) in [6.45, 7) is 5.61. The number of likely N-dealkylation sites (tertiary alicyclic amines) is 1. The maximum Gasteiger partial charge on any atom is 0.267 e. The van der Waals surface area contributed by atoms with Crippen LogP contribution >= 0.6 is 0 Å². The van der Waals surface area contributed by atoms with Crippen LogP contribution in [0.1, 0.15) is 11.4 Å². The number of hydrogen-bond acceptors (Lipinski definition) is 6. The SMILES string of the molecule is Cc1cc(C)n(-c2ccc(=O)n(CC3CN(C(=O)C4COc5ccccc5O4)C3)n2)n1. The number of para-hydroxylation sites is 2. The Balaban J connectivity index is 1.22. The van der Waals surface area contributed by atoms with Gasteiger partial charge in [-0.15, -0.1) is 5.10 Å². The number of fused-ring (bicyclic) bond motifs is 1. The van der Waals surface area contributed by atoms with Crippen molar-refractivity contribution in [3.8, 4) is 17.3 Å². The molecule has 1 fully saturated rings. The molecule has 0 N–H and O–H groups in total. The van der Waals surface area contributed by atoms with E-state index in [1.54, 1.807) is 21.7 Å². The summed E-state index contributed by atoms with van der Waals surface area (Å²) in [6, 6.07) is 12.5. The summed E-state index contributed by atoms with van der Waals surface area (Å²) in [5.74, 6) is 1.90. The molecule has 160 valence electrons. The zero-order valence-corrected chi connectivity index (χ0v) is 17.4. The number of aryl methyl sites for hydroxylation is 2. The molecule has 31 heavy (non-hydrogen) atoms. The number of hydrogen-bond donors (Lipinski definition) is 0. The molecule has 0 aliphatic carbocycles. The first-order valence-corrected chi connectivity index (χ1v) is 10.3. The second-order valence-electron chi connectivity index (χ2n) is 8.02. The van der Waals surface area contributed by atoms with E-state index in [9.17, 15) is 9.59 Å². The Bertz CT molecular complexity index is 1190. The highest BCUT2D eigenvalue weighted by Gasteiger charge is 2.38. The third kappa shape index (κ3) is 3.67. The second kappa shape index (κ2) is 7.57. The van der Waals surface area contributed by atoms with E-state index in [4.69, 9.17) is 9.47 Å². The third-order valence-electron chi connectivity index (χ3n) is 5.56. The van der Waals surface area contributed by atoms with E-state index < -0.39 is 6.10 Å². The molecule has 1 aromatic carbocycles. The van der Waals surface area contributed by atoms with Crippen LogP contribution in [0.3, 0.4) is 0 Å². The van der Waals surface area contributed by atoms with Gasteiger partial charge >= 0.3 is 0 Å². The number of rotatable bonds is 4. The highest BCUT2D eigenvalue weighted by molar-refractivity contribution is 5.82. The lowest BCUT2D eigenvalue weighted by molar-refractivity contribution is -0.148. The Labute approximate surface area is 178 Å². The van der Waals surface area contributed by atoms with Crippen LogP contribution in [0.25, 0.3) is 5.82 Å². The quantitative estimate of drug-likeness (QED) is 0.632. The van der Waals surface area contributed by atoms with Gasteiger partial charge in [0.25, 0.3) is 11.5 Å². The van der Waals surface area contributed by atoms with Crippen LogP contribution in [0, 0.1) is 19.8 Å². The van der Waals surface area contributed by atoms with Gasteiger partial charge in [-0.05, 0) is 38.1 Å². The summed E-state index contributed by atoms with van der Waals surface area (Å²) in [6.07, 6.45) is -0.647. The number of carbonyl (C=O) groups excluding carboxylic acids is 1. The van der Waals surface area contributed by atoms with E-state index in [-0.39, 0.29) is 24.0 Å². The van der Waals surface area contributed by atoms with Gasteiger partial charge in [-0.3, -0.25) is 9.59 Å². The van der Waals surface area contributed by atoms with Crippen LogP contribution in [0.5, 0.6) is 11.5 Å². The highest BCUT2D eigenvalue weighted by atomic mass is 16.6. The number of amides is 1. The summed E-state index contributed by atoms with van der Waals surface area (Å²) >= 11 is 0. The summed E-state index contributed by atoms with van der Waals surface area (Å²) in [7, 11) is 0. The lowest BCUT2D eigenvalue weighted by Crippen LogP contribution is -2.57. The van der Waals surface area contributed by atoms with Crippen LogP contribution in [0.15, 0.2) is 47.3 Å². The van der Waals surface area contributed by atoms with Crippen LogP contribution in [-0.4, -0.2) is 56.2 Å². The fourth-order valence-electron chi connectivity index (χ4n) is 4.00. The van der Waals surface area contributed by atoms with E-state index in [1.807, 2.05) is 38.1 Å². The van der Waals surface area contributed by atoms with Gasteiger partial charge in [-0.1, -0.05) is 12.1 Å². The van der Waals surface area contributed by atoms with Gasteiger partial charge in [0.15, 0.2) is 17.3 Å². The van der Waals surface area contributed by atoms with E-state index in [0.29, 0.717) is 37.0 Å². The predicted molar refractivity (Wildman–Crippen MR) is 112 cm³/mol. The molecule has 1 amide bonds. The fraction of sp³-hybridized carbons (Fsp3) is 0.364. The van der Waals surface area contributed by atoms with Gasteiger partial charge in [-0.25, -0.2) is 9.36 Å². The zero-order chi connectivity index (χ0) is 21.5. The average molecular weight is 421 g/mol. The molecule has 9 nitrogen and oxygen atoms in total. The molecule has 1 saturated heterocycles. The highest BCUT2D eigenvalue weighted by Crippen LogP contribution is 2.32. The molecule has 4 heterocycles. The van der Waals surface area contributed by atoms with Crippen molar-refractivity contribution in [2.45, 2.75) is 26.5 Å². The van der Waals surface area contributed by atoms with Gasteiger partial charge in [-0.2, -0.15) is 5.10 Å². The molecular formula is C22H23N5O4. The van der Waals surface area contributed by atoms with Gasteiger partial charge in [0.05, 0.1) is 12.2 Å². The number of benzene rings is 1. The van der Waals surface area contributed by atoms with Crippen molar-refractivity contribution < 1.29 is 14.3 Å². The van der Waals surface area contributed by atoms with E-state index in [0.717, 1.165) is 11.4 Å². The monoisotopic (exact) mass is 421 g/mol. The minimum Gasteiger partial charge on any atom is -0.485 e. The Morgan fingerprint density at radius 1 is 1.10 bits per heavy atom. The molecule has 9 heteroatoms. The van der Waals surface area contributed by atoms with Gasteiger partial charge < -0.3 is 14.4 Å². The fourth-order valence-corrected chi connectivity index (χ4v) is 4.00. The Hall–Kier alpha value is -3.62.